The molecule has 1 unspecified atom stereocenters. The van der Waals surface area contributed by atoms with Crippen molar-refractivity contribution in [3.63, 3.8) is 0 Å². The first kappa shape index (κ1) is 19.3. The molecular weight excluding hydrogens is 447 g/mol. The number of amides is 1. The van der Waals surface area contributed by atoms with Gasteiger partial charge >= 0.3 is 0 Å². The summed E-state index contributed by atoms with van der Waals surface area (Å²) in [4.78, 5) is 13.3. The van der Waals surface area contributed by atoms with E-state index in [0.717, 1.165) is 34.1 Å². The number of nitrogens with one attached hydrogen (secondary N) is 2. The highest BCUT2D eigenvalue weighted by molar-refractivity contribution is 9.10. The second kappa shape index (κ2) is 7.75. The molecule has 4 rings (SSSR count). The van der Waals surface area contributed by atoms with Crippen molar-refractivity contribution in [1.82, 2.24) is 5.32 Å². The Kier molecular flexibility index (Phi) is 5.52. The molecule has 1 atom stereocenters. The first-order chi connectivity index (χ1) is 13.0. The zero-order valence-electron chi connectivity index (χ0n) is 14.8. The van der Waals surface area contributed by atoms with Gasteiger partial charge in [0.25, 0.3) is 0 Å². The van der Waals surface area contributed by atoms with Crippen molar-refractivity contribution in [3.05, 3.63) is 62.0 Å². The number of hydrogen-bond donors (Lipinski definition) is 2. The van der Waals surface area contributed by atoms with E-state index in [-0.39, 0.29) is 5.91 Å². The van der Waals surface area contributed by atoms with E-state index in [4.69, 9.17) is 23.2 Å². The maximum Gasteiger partial charge on any atom is 0.249 e. The molecule has 0 aromatic heterocycles. The van der Waals surface area contributed by atoms with Gasteiger partial charge in [-0.15, -0.1) is 0 Å². The van der Waals surface area contributed by atoms with Crippen LogP contribution in [0.25, 0.3) is 0 Å². The Morgan fingerprint density at radius 1 is 1.11 bits per heavy atom. The van der Waals surface area contributed by atoms with E-state index >= 15 is 0 Å². The molecule has 3 nitrogen and oxygen atoms in total. The van der Waals surface area contributed by atoms with Gasteiger partial charge in [-0.25, -0.2) is 0 Å². The van der Waals surface area contributed by atoms with E-state index < -0.39 is 5.54 Å². The maximum absolute atomic E-state index is 13.3. The van der Waals surface area contributed by atoms with Crippen molar-refractivity contribution in [2.24, 2.45) is 0 Å². The zero-order chi connectivity index (χ0) is 19.0. The molecule has 0 saturated heterocycles. The van der Waals surface area contributed by atoms with Crippen molar-refractivity contribution in [2.75, 3.05) is 5.32 Å². The minimum atomic E-state index is -0.807. The summed E-state index contributed by atoms with van der Waals surface area (Å²) in [7, 11) is 0. The fraction of sp³-hybridized carbons (Fsp3) is 0.381. The second-order valence-corrected chi connectivity index (χ2v) is 9.15. The predicted molar refractivity (Wildman–Crippen MR) is 115 cm³/mol. The standard InChI is InChI=1S/C21H21BrCl2N2O/c22-17-10-16-19(11-18(17)24)25-20(27)21(16,26-15-4-2-1-3-5-15)12-13-6-8-14(23)9-7-13/h6-11,15,26H,1-5,12H2,(H,25,27). The van der Waals surface area contributed by atoms with Gasteiger partial charge in [0, 0.05) is 33.2 Å². The first-order valence-electron chi connectivity index (χ1n) is 9.31. The Morgan fingerprint density at radius 3 is 2.52 bits per heavy atom. The van der Waals surface area contributed by atoms with Crippen LogP contribution in [0.5, 0.6) is 0 Å². The molecule has 2 N–H and O–H groups in total. The molecule has 0 bridgehead atoms. The Morgan fingerprint density at radius 2 is 1.81 bits per heavy atom. The molecule has 6 heteroatoms. The fourth-order valence-corrected chi connectivity index (χ4v) is 4.86. The monoisotopic (exact) mass is 466 g/mol. The van der Waals surface area contributed by atoms with Crippen molar-refractivity contribution < 1.29 is 4.79 Å². The number of carbonyl (C=O) groups is 1. The van der Waals surface area contributed by atoms with Crippen LogP contribution in [0.15, 0.2) is 40.9 Å². The van der Waals surface area contributed by atoms with Gasteiger partial charge in [0.2, 0.25) is 5.91 Å². The average molecular weight is 468 g/mol. The molecule has 1 amide bonds. The van der Waals surface area contributed by atoms with Crippen LogP contribution in [0, 0.1) is 0 Å². The Hall–Kier alpha value is -1.07. The summed E-state index contributed by atoms with van der Waals surface area (Å²) >= 11 is 15.8. The fourth-order valence-electron chi connectivity index (χ4n) is 4.23. The van der Waals surface area contributed by atoms with Crippen molar-refractivity contribution >= 4 is 50.7 Å². The topological polar surface area (TPSA) is 41.1 Å². The van der Waals surface area contributed by atoms with Crippen molar-refractivity contribution in [1.29, 1.82) is 0 Å². The van der Waals surface area contributed by atoms with Crippen LogP contribution in [0.4, 0.5) is 5.69 Å². The Bertz CT molecular complexity index is 865. The lowest BCUT2D eigenvalue weighted by Crippen LogP contribution is -2.54. The smallest absolute Gasteiger partial charge is 0.249 e. The number of hydrogen-bond acceptors (Lipinski definition) is 2. The van der Waals surface area contributed by atoms with Gasteiger partial charge in [-0.05, 0) is 58.6 Å². The molecule has 1 aliphatic heterocycles. The number of anilines is 1. The van der Waals surface area contributed by atoms with E-state index in [2.05, 4.69) is 26.6 Å². The molecule has 2 aromatic carbocycles. The highest BCUT2D eigenvalue weighted by Gasteiger charge is 2.48. The molecule has 1 aliphatic carbocycles. The normalized spacial score (nSPS) is 22.6. The summed E-state index contributed by atoms with van der Waals surface area (Å²) in [6, 6.07) is 11.9. The van der Waals surface area contributed by atoms with E-state index in [1.54, 1.807) is 0 Å². The molecule has 0 radical (unpaired) electrons. The van der Waals surface area contributed by atoms with Gasteiger partial charge in [0.15, 0.2) is 0 Å². The number of carbonyl (C=O) groups excluding carboxylic acids is 1. The SMILES string of the molecule is O=C1Nc2cc(Cl)c(Br)cc2C1(Cc1ccc(Cl)cc1)NC1CCCCC1. The number of halogens is 3. The molecule has 1 fully saturated rings. The van der Waals surface area contributed by atoms with Gasteiger partial charge < -0.3 is 5.32 Å². The van der Waals surface area contributed by atoms with Crippen LogP contribution in [0.2, 0.25) is 10.0 Å². The highest BCUT2D eigenvalue weighted by atomic mass is 79.9. The zero-order valence-corrected chi connectivity index (χ0v) is 17.9. The molecular formula is C21H21BrCl2N2O. The van der Waals surface area contributed by atoms with Crippen LogP contribution in [-0.4, -0.2) is 11.9 Å². The largest absolute Gasteiger partial charge is 0.324 e. The van der Waals surface area contributed by atoms with Gasteiger partial charge in [-0.2, -0.15) is 0 Å². The number of fused-ring (bicyclic) bond motifs is 1. The molecule has 27 heavy (non-hydrogen) atoms. The van der Waals surface area contributed by atoms with Gasteiger partial charge in [0.1, 0.15) is 5.54 Å². The summed E-state index contributed by atoms with van der Waals surface area (Å²) in [6.45, 7) is 0. The molecule has 0 spiro atoms. The molecule has 2 aliphatic rings. The molecule has 1 saturated carbocycles. The molecule has 142 valence electrons. The van der Waals surface area contributed by atoms with Gasteiger partial charge in [-0.3, -0.25) is 10.1 Å². The van der Waals surface area contributed by atoms with Crippen molar-refractivity contribution in [2.45, 2.75) is 50.1 Å². The lowest BCUT2D eigenvalue weighted by molar-refractivity contribution is -0.122. The van der Waals surface area contributed by atoms with Crippen LogP contribution < -0.4 is 10.6 Å². The Labute approximate surface area is 177 Å². The van der Waals surface area contributed by atoms with E-state index in [0.29, 0.717) is 22.5 Å². The quantitative estimate of drug-likeness (QED) is 0.572. The maximum atomic E-state index is 13.3. The summed E-state index contributed by atoms with van der Waals surface area (Å²) in [6.07, 6.45) is 6.43. The summed E-state index contributed by atoms with van der Waals surface area (Å²) < 4.78 is 0.797. The van der Waals surface area contributed by atoms with Crippen LogP contribution in [-0.2, 0) is 16.8 Å². The summed E-state index contributed by atoms with van der Waals surface area (Å²) in [5.74, 6) is -0.0211. The average Bonchev–Trinajstić information content (AvgIpc) is 2.90. The third kappa shape index (κ3) is 3.77. The van der Waals surface area contributed by atoms with Crippen LogP contribution in [0.1, 0.15) is 43.2 Å². The molecule has 2 aromatic rings. The van der Waals surface area contributed by atoms with E-state index in [1.807, 2.05) is 36.4 Å². The van der Waals surface area contributed by atoms with Crippen LogP contribution in [0.3, 0.4) is 0 Å². The lowest BCUT2D eigenvalue weighted by Gasteiger charge is -2.35. The lowest BCUT2D eigenvalue weighted by atomic mass is 9.82. The van der Waals surface area contributed by atoms with Gasteiger partial charge in [0.05, 0.1) is 5.02 Å². The minimum absolute atomic E-state index is 0.0211. The molecule has 1 heterocycles. The number of rotatable bonds is 4. The minimum Gasteiger partial charge on any atom is -0.324 e. The number of benzene rings is 2. The highest BCUT2D eigenvalue weighted by Crippen LogP contribution is 2.43. The van der Waals surface area contributed by atoms with Crippen molar-refractivity contribution in [3.8, 4) is 0 Å². The third-order valence-electron chi connectivity index (χ3n) is 5.59. The second-order valence-electron chi connectivity index (χ2n) is 7.45. The van der Waals surface area contributed by atoms with E-state index in [9.17, 15) is 4.79 Å². The predicted octanol–water partition coefficient (Wildman–Crippen LogP) is 6.07. The van der Waals surface area contributed by atoms with E-state index in [1.165, 1.54) is 19.3 Å². The summed E-state index contributed by atoms with van der Waals surface area (Å²) in [5, 5.41) is 8.07. The van der Waals surface area contributed by atoms with Crippen LogP contribution >= 0.6 is 39.1 Å². The summed E-state index contributed by atoms with van der Waals surface area (Å²) in [5.41, 5.74) is 1.99. The Balaban J connectivity index is 1.77. The first-order valence-corrected chi connectivity index (χ1v) is 10.9. The van der Waals surface area contributed by atoms with Gasteiger partial charge in [-0.1, -0.05) is 54.6 Å². The third-order valence-corrected chi connectivity index (χ3v) is 7.04.